The van der Waals surface area contributed by atoms with Crippen molar-refractivity contribution in [3.8, 4) is 17.4 Å². The van der Waals surface area contributed by atoms with Gasteiger partial charge < -0.3 is 15.2 Å². The number of ketones is 1. The third kappa shape index (κ3) is 3.07. The Bertz CT molecular complexity index is 1470. The molecule has 6 rings (SSSR count). The lowest BCUT2D eigenvalue weighted by Gasteiger charge is -2.35. The highest BCUT2D eigenvalue weighted by Crippen LogP contribution is 2.53. The van der Waals surface area contributed by atoms with Crippen molar-refractivity contribution in [3.05, 3.63) is 88.6 Å². The molecule has 0 saturated heterocycles. The summed E-state index contributed by atoms with van der Waals surface area (Å²) in [5.41, 5.74) is 11.3. The maximum absolute atomic E-state index is 13.2. The van der Waals surface area contributed by atoms with Gasteiger partial charge in [-0.05, 0) is 46.4 Å². The van der Waals surface area contributed by atoms with E-state index in [9.17, 15) is 4.79 Å². The minimum absolute atomic E-state index is 0.0521. The number of fused-ring (bicyclic) bond motifs is 5. The highest BCUT2D eigenvalue weighted by atomic mass is 16.5. The van der Waals surface area contributed by atoms with Crippen LogP contribution in [0.25, 0.3) is 10.8 Å². The van der Waals surface area contributed by atoms with Crippen LogP contribution in [-0.2, 0) is 6.42 Å². The second-order valence-corrected chi connectivity index (χ2v) is 10.0. The maximum atomic E-state index is 13.2. The van der Waals surface area contributed by atoms with Crippen LogP contribution >= 0.6 is 0 Å². The summed E-state index contributed by atoms with van der Waals surface area (Å²) in [6.45, 7) is 4.18. The molecule has 0 bridgehead atoms. The van der Waals surface area contributed by atoms with Gasteiger partial charge in [0, 0.05) is 17.9 Å². The van der Waals surface area contributed by atoms with E-state index in [0.717, 1.165) is 44.7 Å². The molecule has 5 heteroatoms. The number of aromatic nitrogens is 1. The number of hydrogen-bond donors (Lipinski definition) is 1. The highest BCUT2D eigenvalue weighted by molar-refractivity contribution is 6.04. The lowest BCUT2D eigenvalue weighted by Crippen LogP contribution is -2.30. The molecule has 4 aromatic rings. The molecule has 170 valence electrons. The van der Waals surface area contributed by atoms with Gasteiger partial charge in [0.2, 0.25) is 5.88 Å². The molecule has 1 unspecified atom stereocenters. The molecule has 0 amide bonds. The van der Waals surface area contributed by atoms with Crippen LogP contribution in [0.1, 0.15) is 58.9 Å². The topological polar surface area (TPSA) is 74.4 Å². The zero-order valence-corrected chi connectivity index (χ0v) is 19.5. The van der Waals surface area contributed by atoms with E-state index < -0.39 is 0 Å². The molecule has 5 nitrogen and oxygen atoms in total. The number of carbonyl (C=O) groups excluding carboxylic acids is 1. The van der Waals surface area contributed by atoms with Crippen molar-refractivity contribution in [2.45, 2.75) is 32.6 Å². The average molecular weight is 451 g/mol. The van der Waals surface area contributed by atoms with Crippen molar-refractivity contribution in [3.63, 3.8) is 0 Å². The van der Waals surface area contributed by atoms with E-state index in [1.54, 1.807) is 7.11 Å². The lowest BCUT2D eigenvalue weighted by atomic mass is 9.73. The fourth-order valence-electron chi connectivity index (χ4n) is 5.52. The van der Waals surface area contributed by atoms with E-state index >= 15 is 0 Å². The first-order chi connectivity index (χ1) is 16.4. The molecular weight excluding hydrogens is 424 g/mol. The van der Waals surface area contributed by atoms with Crippen LogP contribution in [-0.4, -0.2) is 17.9 Å². The smallest absolute Gasteiger partial charge is 0.225 e. The second kappa shape index (κ2) is 7.32. The predicted molar refractivity (Wildman–Crippen MR) is 133 cm³/mol. The van der Waals surface area contributed by atoms with Gasteiger partial charge in [0.1, 0.15) is 11.5 Å². The number of Topliss-reactive ketones (excluding diaryl/α,β-unsaturated/α-hetero) is 1. The summed E-state index contributed by atoms with van der Waals surface area (Å²) < 4.78 is 11.8. The number of hydrogen-bond acceptors (Lipinski definition) is 5. The van der Waals surface area contributed by atoms with Gasteiger partial charge in [0.25, 0.3) is 0 Å². The molecule has 0 spiro atoms. The maximum Gasteiger partial charge on any atom is 0.225 e. The Labute approximate surface area is 198 Å². The zero-order valence-electron chi connectivity index (χ0n) is 19.5. The Morgan fingerprint density at radius 1 is 1.00 bits per heavy atom. The van der Waals surface area contributed by atoms with Gasteiger partial charge >= 0.3 is 0 Å². The summed E-state index contributed by atoms with van der Waals surface area (Å²) in [6, 6.07) is 20.3. The number of nitrogens with zero attached hydrogens (tertiary/aromatic N) is 1. The van der Waals surface area contributed by atoms with Crippen LogP contribution in [0.15, 0.2) is 60.7 Å². The van der Waals surface area contributed by atoms with E-state index in [1.165, 1.54) is 0 Å². The summed E-state index contributed by atoms with van der Waals surface area (Å²) in [7, 11) is 1.66. The van der Waals surface area contributed by atoms with Crippen LogP contribution in [0.3, 0.4) is 0 Å². The Kier molecular flexibility index (Phi) is 4.46. The van der Waals surface area contributed by atoms with E-state index in [1.807, 2.05) is 42.5 Å². The monoisotopic (exact) mass is 450 g/mol. The van der Waals surface area contributed by atoms with Crippen molar-refractivity contribution < 1.29 is 14.3 Å². The van der Waals surface area contributed by atoms with Gasteiger partial charge in [-0.25, -0.2) is 4.98 Å². The number of rotatable bonds is 2. The number of benzene rings is 3. The van der Waals surface area contributed by atoms with E-state index in [4.69, 9.17) is 20.2 Å². The Hall–Kier alpha value is -3.86. The summed E-state index contributed by atoms with van der Waals surface area (Å²) in [4.78, 5) is 18.1. The highest BCUT2D eigenvalue weighted by Gasteiger charge is 2.40. The van der Waals surface area contributed by atoms with Crippen molar-refractivity contribution in [2.24, 2.45) is 5.41 Å². The van der Waals surface area contributed by atoms with Crippen LogP contribution in [0.4, 0.5) is 5.69 Å². The van der Waals surface area contributed by atoms with Crippen molar-refractivity contribution in [1.29, 1.82) is 0 Å². The number of pyridine rings is 1. The molecule has 1 aliphatic carbocycles. The van der Waals surface area contributed by atoms with E-state index in [-0.39, 0.29) is 17.1 Å². The first kappa shape index (κ1) is 20.7. The number of nitrogens with two attached hydrogens (primary N) is 1. The van der Waals surface area contributed by atoms with Gasteiger partial charge in [0.15, 0.2) is 5.78 Å². The average Bonchev–Trinajstić information content (AvgIpc) is 2.81. The lowest BCUT2D eigenvalue weighted by molar-refractivity contribution is 0.0911. The Morgan fingerprint density at radius 3 is 2.53 bits per heavy atom. The molecule has 2 aliphatic rings. The molecule has 0 radical (unpaired) electrons. The van der Waals surface area contributed by atoms with E-state index in [0.29, 0.717) is 30.0 Å². The molecule has 2 N–H and O–H groups in total. The van der Waals surface area contributed by atoms with Crippen molar-refractivity contribution in [2.75, 3.05) is 12.8 Å². The SMILES string of the molecule is COc1ccc(C2c3c(nc4c(c3N)C(=O)CC(C)(C)C4)Oc3ccc4ccccc4c32)cc1. The molecule has 0 fully saturated rings. The number of methoxy groups -OCH3 is 1. The third-order valence-corrected chi connectivity index (χ3v) is 7.04. The first-order valence-corrected chi connectivity index (χ1v) is 11.6. The van der Waals surface area contributed by atoms with Crippen LogP contribution < -0.4 is 15.2 Å². The molecule has 3 aromatic carbocycles. The van der Waals surface area contributed by atoms with Gasteiger partial charge in [-0.3, -0.25) is 4.79 Å². The predicted octanol–water partition coefficient (Wildman–Crippen LogP) is 6.27. The van der Waals surface area contributed by atoms with Crippen molar-refractivity contribution >= 4 is 22.2 Å². The van der Waals surface area contributed by atoms with Crippen LogP contribution in [0, 0.1) is 5.41 Å². The van der Waals surface area contributed by atoms with Gasteiger partial charge in [-0.1, -0.05) is 56.3 Å². The molecule has 2 heterocycles. The van der Waals surface area contributed by atoms with E-state index in [2.05, 4.69) is 32.0 Å². The molecule has 1 aromatic heterocycles. The number of ether oxygens (including phenoxy) is 2. The van der Waals surface area contributed by atoms with Crippen LogP contribution in [0.5, 0.6) is 17.4 Å². The minimum atomic E-state index is -0.226. The second-order valence-electron chi connectivity index (χ2n) is 10.0. The molecule has 0 saturated carbocycles. The van der Waals surface area contributed by atoms with Gasteiger partial charge in [-0.15, -0.1) is 0 Å². The van der Waals surface area contributed by atoms with Gasteiger partial charge in [0.05, 0.1) is 29.6 Å². The normalized spacial score (nSPS) is 18.0. The quantitative estimate of drug-likeness (QED) is 0.343. The summed E-state index contributed by atoms with van der Waals surface area (Å²) in [5, 5.41) is 2.21. The Balaban J connectivity index is 1.66. The zero-order chi connectivity index (χ0) is 23.6. The molecule has 1 atom stereocenters. The van der Waals surface area contributed by atoms with Crippen LogP contribution in [0.2, 0.25) is 0 Å². The summed E-state index contributed by atoms with van der Waals surface area (Å²) in [5.74, 6) is 1.86. The fourth-order valence-corrected chi connectivity index (χ4v) is 5.52. The Morgan fingerprint density at radius 2 is 1.76 bits per heavy atom. The number of carbonyl (C=O) groups is 1. The molecule has 34 heavy (non-hydrogen) atoms. The number of anilines is 1. The standard InChI is InChI=1S/C29H26N2O3/c1-29(2)14-20-25(21(32)15-29)27(30)26-23(17-8-11-18(33-3)12-9-17)24-19-7-5-4-6-16(19)10-13-22(24)34-28(26)31-20/h4-13,23H,14-15H2,1-3H3,(H2,30,31). The number of nitrogen functional groups attached to an aromatic ring is 1. The third-order valence-electron chi connectivity index (χ3n) is 7.04. The summed E-state index contributed by atoms with van der Waals surface area (Å²) in [6.07, 6.45) is 1.14. The fraction of sp³-hybridized carbons (Fsp3) is 0.241. The molecule has 1 aliphatic heterocycles. The molecular formula is C29H26N2O3. The van der Waals surface area contributed by atoms with Crippen molar-refractivity contribution in [1.82, 2.24) is 4.98 Å². The summed E-state index contributed by atoms with van der Waals surface area (Å²) >= 11 is 0. The first-order valence-electron chi connectivity index (χ1n) is 11.6. The minimum Gasteiger partial charge on any atom is -0.497 e. The van der Waals surface area contributed by atoms with Gasteiger partial charge in [-0.2, -0.15) is 0 Å². The largest absolute Gasteiger partial charge is 0.497 e.